The van der Waals surface area contributed by atoms with Gasteiger partial charge in [-0.2, -0.15) is 5.10 Å². The average Bonchev–Trinajstić information content (AvgIpc) is 2.69. The topological polar surface area (TPSA) is 68.2 Å². The van der Waals surface area contributed by atoms with Crippen molar-refractivity contribution in [3.05, 3.63) is 28.6 Å². The maximum absolute atomic E-state index is 5.87. The molecule has 0 amide bonds. The lowest BCUT2D eigenvalue weighted by atomic mass is 10.1. The standard InChI is InChI=1S/C11H12BrN5.2ClH/c12-8-5-9(7-1-3-14-4-2-7)17-10(8)11(13)15-6-16-17;;/h1,5-6,14H,2-4H2,(H2,13,15,16);2*1H. The van der Waals surface area contributed by atoms with Gasteiger partial charge in [-0.05, 0) is 40.5 Å². The smallest absolute Gasteiger partial charge is 0.152 e. The number of fused-ring (bicyclic) bond motifs is 1. The van der Waals surface area contributed by atoms with Gasteiger partial charge in [0.1, 0.15) is 11.8 Å². The average molecular weight is 367 g/mol. The monoisotopic (exact) mass is 365 g/mol. The Morgan fingerprint density at radius 2 is 2.16 bits per heavy atom. The largest absolute Gasteiger partial charge is 0.382 e. The number of halogens is 3. The van der Waals surface area contributed by atoms with Crippen molar-refractivity contribution in [1.82, 2.24) is 19.9 Å². The molecule has 3 rings (SSSR count). The third-order valence-corrected chi connectivity index (χ3v) is 3.53. The second-order valence-corrected chi connectivity index (χ2v) is 4.82. The fourth-order valence-corrected chi connectivity index (χ4v) is 2.69. The Bertz CT molecular complexity index is 610. The van der Waals surface area contributed by atoms with Crippen LogP contribution in [0.15, 0.2) is 22.9 Å². The normalized spacial score (nSPS) is 14.5. The number of aromatic nitrogens is 3. The van der Waals surface area contributed by atoms with E-state index >= 15 is 0 Å². The molecule has 0 fully saturated rings. The molecule has 3 N–H and O–H groups in total. The first-order valence-electron chi connectivity index (χ1n) is 5.45. The van der Waals surface area contributed by atoms with Crippen LogP contribution in [0.4, 0.5) is 5.82 Å². The lowest BCUT2D eigenvalue weighted by molar-refractivity contribution is 0.733. The van der Waals surface area contributed by atoms with E-state index in [9.17, 15) is 0 Å². The van der Waals surface area contributed by atoms with Gasteiger partial charge < -0.3 is 11.1 Å². The van der Waals surface area contributed by atoms with Gasteiger partial charge >= 0.3 is 0 Å². The van der Waals surface area contributed by atoms with Gasteiger partial charge in [0.15, 0.2) is 5.82 Å². The lowest BCUT2D eigenvalue weighted by Gasteiger charge is -2.13. The second kappa shape index (κ2) is 6.56. The first-order chi connectivity index (χ1) is 8.27. The zero-order valence-corrected chi connectivity index (χ0v) is 13.2. The molecule has 0 radical (unpaired) electrons. The molecule has 0 unspecified atom stereocenters. The minimum atomic E-state index is 0. The van der Waals surface area contributed by atoms with Gasteiger partial charge in [-0.15, -0.1) is 24.8 Å². The lowest BCUT2D eigenvalue weighted by Crippen LogP contribution is -2.20. The van der Waals surface area contributed by atoms with Crippen LogP contribution in [0.5, 0.6) is 0 Å². The van der Waals surface area contributed by atoms with Gasteiger partial charge in [0.05, 0.1) is 5.69 Å². The highest BCUT2D eigenvalue weighted by Crippen LogP contribution is 2.30. The van der Waals surface area contributed by atoms with Gasteiger partial charge in [-0.1, -0.05) is 6.08 Å². The Labute approximate surface area is 131 Å². The van der Waals surface area contributed by atoms with E-state index in [1.54, 1.807) is 0 Å². The van der Waals surface area contributed by atoms with Crippen LogP contribution in [-0.4, -0.2) is 27.7 Å². The van der Waals surface area contributed by atoms with E-state index in [0.29, 0.717) is 5.82 Å². The van der Waals surface area contributed by atoms with E-state index in [1.807, 2.05) is 4.52 Å². The molecule has 0 bridgehead atoms. The molecule has 19 heavy (non-hydrogen) atoms. The van der Waals surface area contributed by atoms with Crippen LogP contribution in [0, 0.1) is 0 Å². The van der Waals surface area contributed by atoms with Gasteiger partial charge in [0, 0.05) is 11.0 Å². The highest BCUT2D eigenvalue weighted by molar-refractivity contribution is 9.10. The molecule has 0 aliphatic carbocycles. The van der Waals surface area contributed by atoms with Crippen LogP contribution in [0.25, 0.3) is 11.1 Å². The summed E-state index contributed by atoms with van der Waals surface area (Å²) in [5.41, 5.74) is 9.08. The van der Waals surface area contributed by atoms with Crippen LogP contribution in [-0.2, 0) is 0 Å². The van der Waals surface area contributed by atoms with Crippen LogP contribution in [0.3, 0.4) is 0 Å². The molecule has 0 spiro atoms. The van der Waals surface area contributed by atoms with E-state index < -0.39 is 0 Å². The summed E-state index contributed by atoms with van der Waals surface area (Å²) in [4.78, 5) is 4.01. The molecule has 2 aromatic heterocycles. The third kappa shape index (κ3) is 2.86. The van der Waals surface area contributed by atoms with Gasteiger partial charge in [0.25, 0.3) is 0 Å². The van der Waals surface area contributed by atoms with Crippen molar-refractivity contribution in [3.8, 4) is 0 Å². The highest BCUT2D eigenvalue weighted by atomic mass is 79.9. The molecule has 3 heterocycles. The first-order valence-corrected chi connectivity index (χ1v) is 6.24. The Morgan fingerprint density at radius 3 is 2.84 bits per heavy atom. The van der Waals surface area contributed by atoms with Crippen molar-refractivity contribution < 1.29 is 0 Å². The third-order valence-electron chi connectivity index (χ3n) is 2.93. The Hall–Kier alpha value is -0.820. The molecule has 5 nitrogen and oxygen atoms in total. The van der Waals surface area contributed by atoms with Crippen molar-refractivity contribution >= 4 is 57.7 Å². The predicted octanol–water partition coefficient (Wildman–Crippen LogP) is 2.29. The number of hydrogen-bond donors (Lipinski definition) is 2. The molecule has 1 aliphatic rings. The second-order valence-electron chi connectivity index (χ2n) is 3.97. The minimum Gasteiger partial charge on any atom is -0.382 e. The van der Waals surface area contributed by atoms with Crippen molar-refractivity contribution in [2.75, 3.05) is 18.8 Å². The van der Waals surface area contributed by atoms with E-state index in [1.165, 1.54) is 11.9 Å². The Morgan fingerprint density at radius 1 is 1.37 bits per heavy atom. The molecule has 0 aromatic carbocycles. The summed E-state index contributed by atoms with van der Waals surface area (Å²) in [6.07, 6.45) is 4.68. The number of hydrogen-bond acceptors (Lipinski definition) is 4. The first kappa shape index (κ1) is 16.2. The number of anilines is 1. The fourth-order valence-electron chi connectivity index (χ4n) is 2.11. The summed E-state index contributed by atoms with van der Waals surface area (Å²) < 4.78 is 2.79. The number of nitrogens with one attached hydrogen (secondary N) is 1. The maximum Gasteiger partial charge on any atom is 0.152 e. The maximum atomic E-state index is 5.87. The number of nitrogen functional groups attached to an aromatic ring is 1. The van der Waals surface area contributed by atoms with Gasteiger partial charge in [-0.25, -0.2) is 9.50 Å². The molecular weight excluding hydrogens is 353 g/mol. The van der Waals surface area contributed by atoms with Crippen LogP contribution in [0.2, 0.25) is 0 Å². The van der Waals surface area contributed by atoms with Crippen molar-refractivity contribution in [2.24, 2.45) is 0 Å². The van der Waals surface area contributed by atoms with Crippen molar-refractivity contribution in [2.45, 2.75) is 6.42 Å². The molecular formula is C11H14BrCl2N5. The number of nitrogens with zero attached hydrogens (tertiary/aromatic N) is 3. The Balaban J connectivity index is 0.000000902. The molecule has 0 saturated heterocycles. The Kier molecular flexibility index (Phi) is 5.61. The summed E-state index contributed by atoms with van der Waals surface area (Å²) in [7, 11) is 0. The molecule has 2 aromatic rings. The van der Waals surface area contributed by atoms with Crippen LogP contribution < -0.4 is 11.1 Å². The highest BCUT2D eigenvalue weighted by Gasteiger charge is 2.15. The van der Waals surface area contributed by atoms with Crippen LogP contribution >= 0.6 is 40.7 Å². The molecule has 0 saturated carbocycles. The van der Waals surface area contributed by atoms with Crippen molar-refractivity contribution in [1.29, 1.82) is 0 Å². The zero-order chi connectivity index (χ0) is 11.8. The molecule has 0 atom stereocenters. The van der Waals surface area contributed by atoms with E-state index in [-0.39, 0.29) is 24.8 Å². The number of nitrogens with two attached hydrogens (primary N) is 1. The molecule has 1 aliphatic heterocycles. The summed E-state index contributed by atoms with van der Waals surface area (Å²) in [5.74, 6) is 0.493. The minimum absolute atomic E-state index is 0. The SMILES string of the molecule is Cl.Cl.Nc1ncnn2c(C3=CCNCC3)cc(Br)c12. The van der Waals surface area contributed by atoms with E-state index in [2.05, 4.69) is 43.5 Å². The summed E-state index contributed by atoms with van der Waals surface area (Å²) in [6.45, 7) is 1.90. The van der Waals surface area contributed by atoms with E-state index in [4.69, 9.17) is 5.73 Å². The fraction of sp³-hybridized carbons (Fsp3) is 0.273. The van der Waals surface area contributed by atoms with Crippen LogP contribution in [0.1, 0.15) is 12.1 Å². The zero-order valence-electron chi connectivity index (χ0n) is 9.97. The quantitative estimate of drug-likeness (QED) is 0.812. The molecule has 8 heteroatoms. The summed E-state index contributed by atoms with van der Waals surface area (Å²) >= 11 is 3.51. The number of rotatable bonds is 1. The molecule has 104 valence electrons. The van der Waals surface area contributed by atoms with E-state index in [0.717, 1.165) is 35.2 Å². The predicted molar refractivity (Wildman–Crippen MR) is 85.1 cm³/mol. The van der Waals surface area contributed by atoms with Crippen molar-refractivity contribution in [3.63, 3.8) is 0 Å². The van der Waals surface area contributed by atoms with Gasteiger partial charge in [-0.3, -0.25) is 0 Å². The summed E-state index contributed by atoms with van der Waals surface area (Å²) in [5, 5.41) is 7.57. The van der Waals surface area contributed by atoms with Gasteiger partial charge in [0.2, 0.25) is 0 Å². The summed E-state index contributed by atoms with van der Waals surface area (Å²) in [6, 6.07) is 2.05.